The maximum absolute atomic E-state index is 11.4. The summed E-state index contributed by atoms with van der Waals surface area (Å²) in [6.45, 7) is 5.38. The number of hydrogen-bond donors (Lipinski definition) is 1. The van der Waals surface area contributed by atoms with E-state index in [0.29, 0.717) is 19.5 Å². The average molecular weight is 336 g/mol. The third-order valence-corrected chi connectivity index (χ3v) is 3.99. The zero-order valence-electron chi connectivity index (χ0n) is 13.2. The van der Waals surface area contributed by atoms with E-state index in [2.05, 4.69) is 11.9 Å². The fraction of sp³-hybridized carbons (Fsp3) is 0.692. The first-order chi connectivity index (χ1) is 10.2. The first-order valence-electron chi connectivity index (χ1n) is 6.75. The molecule has 0 rings (SSSR count). The number of rotatable bonds is 11. The molecule has 0 aromatic carbocycles. The number of ether oxygens (including phenoxy) is 2. The van der Waals surface area contributed by atoms with Gasteiger partial charge in [-0.2, -0.15) is 0 Å². The zero-order valence-corrected chi connectivity index (χ0v) is 14.0. The van der Waals surface area contributed by atoms with Crippen LogP contribution in [0.2, 0.25) is 0 Å². The van der Waals surface area contributed by atoms with Crippen LogP contribution in [0.25, 0.3) is 0 Å². The molecule has 1 unspecified atom stereocenters. The standard InChI is InChI=1S/C13H24N2O6S/c1-5-9-20-11(2)13(17)21-10-12(16)14-7-6-8-15(3)22(4,18)19/h5,11H,1,6-10H2,2-4H3,(H,14,16). The van der Waals surface area contributed by atoms with Crippen LogP contribution in [-0.4, -0.2) is 70.3 Å². The minimum absolute atomic E-state index is 0.219. The number of hydrogen-bond acceptors (Lipinski definition) is 6. The second-order valence-corrected chi connectivity index (χ2v) is 6.75. The lowest BCUT2D eigenvalue weighted by Gasteiger charge is -2.14. The molecule has 22 heavy (non-hydrogen) atoms. The normalized spacial score (nSPS) is 12.7. The van der Waals surface area contributed by atoms with Crippen LogP contribution in [0.5, 0.6) is 0 Å². The quantitative estimate of drug-likeness (QED) is 0.311. The van der Waals surface area contributed by atoms with E-state index in [1.165, 1.54) is 24.4 Å². The summed E-state index contributed by atoms with van der Waals surface area (Å²) in [5.74, 6) is -1.08. The Hall–Kier alpha value is -1.45. The van der Waals surface area contributed by atoms with Crippen molar-refractivity contribution in [1.29, 1.82) is 0 Å². The third-order valence-electron chi connectivity index (χ3n) is 2.68. The molecule has 0 aromatic rings. The molecular weight excluding hydrogens is 312 g/mol. The molecule has 1 N–H and O–H groups in total. The fourth-order valence-electron chi connectivity index (χ4n) is 1.28. The Morgan fingerprint density at radius 2 is 2.05 bits per heavy atom. The topological polar surface area (TPSA) is 102 Å². The predicted molar refractivity (Wildman–Crippen MR) is 81.7 cm³/mol. The highest BCUT2D eigenvalue weighted by Crippen LogP contribution is 1.96. The Bertz CT molecular complexity index is 477. The minimum atomic E-state index is -3.21. The molecule has 0 heterocycles. The first-order valence-corrected chi connectivity index (χ1v) is 8.60. The number of amides is 1. The molecule has 0 aliphatic carbocycles. The molecule has 9 heteroatoms. The molecule has 1 amide bonds. The molecule has 0 radical (unpaired) electrons. The minimum Gasteiger partial charge on any atom is -0.454 e. The predicted octanol–water partition coefficient (Wildman–Crippen LogP) is -0.482. The van der Waals surface area contributed by atoms with Crippen molar-refractivity contribution in [2.24, 2.45) is 0 Å². The van der Waals surface area contributed by atoms with Crippen molar-refractivity contribution in [3.05, 3.63) is 12.7 Å². The van der Waals surface area contributed by atoms with Gasteiger partial charge in [-0.05, 0) is 13.3 Å². The molecule has 0 saturated carbocycles. The van der Waals surface area contributed by atoms with Gasteiger partial charge in [-0.3, -0.25) is 4.79 Å². The largest absolute Gasteiger partial charge is 0.454 e. The highest BCUT2D eigenvalue weighted by atomic mass is 32.2. The Labute approximate surface area is 131 Å². The van der Waals surface area contributed by atoms with Gasteiger partial charge in [0.2, 0.25) is 10.0 Å². The Morgan fingerprint density at radius 3 is 2.59 bits per heavy atom. The average Bonchev–Trinajstić information content (AvgIpc) is 2.45. The van der Waals surface area contributed by atoms with Crippen molar-refractivity contribution in [2.75, 3.05) is 39.6 Å². The fourth-order valence-corrected chi connectivity index (χ4v) is 1.74. The van der Waals surface area contributed by atoms with Crippen molar-refractivity contribution in [3.8, 4) is 0 Å². The molecule has 0 saturated heterocycles. The summed E-state index contributed by atoms with van der Waals surface area (Å²) in [5, 5.41) is 2.53. The number of esters is 1. The van der Waals surface area contributed by atoms with Crippen molar-refractivity contribution in [3.63, 3.8) is 0 Å². The van der Waals surface area contributed by atoms with Crippen LogP contribution >= 0.6 is 0 Å². The smallest absolute Gasteiger partial charge is 0.335 e. The van der Waals surface area contributed by atoms with Crippen molar-refractivity contribution in [1.82, 2.24) is 9.62 Å². The van der Waals surface area contributed by atoms with Crippen molar-refractivity contribution < 1.29 is 27.5 Å². The lowest BCUT2D eigenvalue weighted by molar-refractivity contribution is -0.158. The Morgan fingerprint density at radius 1 is 1.41 bits per heavy atom. The van der Waals surface area contributed by atoms with Crippen molar-refractivity contribution >= 4 is 21.9 Å². The molecule has 0 spiro atoms. The highest BCUT2D eigenvalue weighted by molar-refractivity contribution is 7.88. The van der Waals surface area contributed by atoms with Gasteiger partial charge < -0.3 is 14.8 Å². The number of carbonyl (C=O) groups is 2. The van der Waals surface area contributed by atoms with Crippen LogP contribution in [0.3, 0.4) is 0 Å². The van der Waals surface area contributed by atoms with Gasteiger partial charge in [-0.15, -0.1) is 6.58 Å². The molecule has 1 atom stereocenters. The monoisotopic (exact) mass is 336 g/mol. The van der Waals surface area contributed by atoms with Crippen LogP contribution in [0, 0.1) is 0 Å². The second-order valence-electron chi connectivity index (χ2n) is 4.66. The first kappa shape index (κ1) is 20.6. The molecule has 0 aliphatic rings. The van der Waals surface area contributed by atoms with E-state index in [1.54, 1.807) is 0 Å². The third kappa shape index (κ3) is 9.48. The van der Waals surface area contributed by atoms with Gasteiger partial charge in [0.05, 0.1) is 12.9 Å². The summed E-state index contributed by atoms with van der Waals surface area (Å²) in [5.41, 5.74) is 0. The van der Waals surface area contributed by atoms with Crippen LogP contribution in [-0.2, 0) is 29.1 Å². The van der Waals surface area contributed by atoms with Gasteiger partial charge in [0.25, 0.3) is 5.91 Å². The Balaban J connectivity index is 3.83. The number of nitrogens with zero attached hydrogens (tertiary/aromatic N) is 1. The second kappa shape index (κ2) is 10.3. The van der Waals surface area contributed by atoms with E-state index in [0.717, 1.165) is 6.26 Å². The summed E-state index contributed by atoms with van der Waals surface area (Å²) in [4.78, 5) is 22.9. The van der Waals surface area contributed by atoms with Crippen LogP contribution in [0.4, 0.5) is 0 Å². The lowest BCUT2D eigenvalue weighted by Crippen LogP contribution is -2.34. The zero-order chi connectivity index (χ0) is 17.2. The SMILES string of the molecule is C=CCOC(C)C(=O)OCC(=O)NCCCN(C)S(C)(=O)=O. The van der Waals surface area contributed by atoms with E-state index in [1.807, 2.05) is 0 Å². The molecule has 0 aliphatic heterocycles. The highest BCUT2D eigenvalue weighted by Gasteiger charge is 2.16. The molecule has 0 aromatic heterocycles. The van der Waals surface area contributed by atoms with Gasteiger partial charge in [-0.1, -0.05) is 6.08 Å². The molecule has 128 valence electrons. The van der Waals surface area contributed by atoms with E-state index >= 15 is 0 Å². The van der Waals surface area contributed by atoms with Gasteiger partial charge >= 0.3 is 5.97 Å². The van der Waals surface area contributed by atoms with Crippen LogP contribution in [0.15, 0.2) is 12.7 Å². The summed E-state index contributed by atoms with van der Waals surface area (Å²) in [6.07, 6.45) is 2.31. The van der Waals surface area contributed by atoms with Gasteiger partial charge in [-0.25, -0.2) is 17.5 Å². The van der Waals surface area contributed by atoms with Crippen LogP contribution < -0.4 is 5.32 Å². The van der Waals surface area contributed by atoms with E-state index < -0.39 is 34.6 Å². The summed E-state index contributed by atoms with van der Waals surface area (Å²) < 4.78 is 33.3. The van der Waals surface area contributed by atoms with Gasteiger partial charge in [0, 0.05) is 20.1 Å². The number of nitrogens with one attached hydrogen (secondary N) is 1. The van der Waals surface area contributed by atoms with E-state index in [-0.39, 0.29) is 6.61 Å². The summed E-state index contributed by atoms with van der Waals surface area (Å²) in [7, 11) is -1.75. The Kier molecular flexibility index (Phi) is 9.63. The lowest BCUT2D eigenvalue weighted by atomic mass is 10.4. The van der Waals surface area contributed by atoms with Crippen LogP contribution in [0.1, 0.15) is 13.3 Å². The molecule has 0 bridgehead atoms. The van der Waals surface area contributed by atoms with Crippen molar-refractivity contribution in [2.45, 2.75) is 19.4 Å². The summed E-state index contributed by atoms with van der Waals surface area (Å²) >= 11 is 0. The van der Waals surface area contributed by atoms with E-state index in [4.69, 9.17) is 9.47 Å². The van der Waals surface area contributed by atoms with Gasteiger partial charge in [0.15, 0.2) is 12.7 Å². The van der Waals surface area contributed by atoms with Gasteiger partial charge in [0.1, 0.15) is 0 Å². The maximum atomic E-state index is 11.4. The summed E-state index contributed by atoms with van der Waals surface area (Å²) in [6, 6.07) is 0. The molecule has 0 fully saturated rings. The number of carbonyl (C=O) groups excluding carboxylic acids is 2. The number of sulfonamides is 1. The van der Waals surface area contributed by atoms with E-state index in [9.17, 15) is 18.0 Å². The molecular formula is C13H24N2O6S. The molecule has 8 nitrogen and oxygen atoms in total. The maximum Gasteiger partial charge on any atom is 0.335 e.